The highest BCUT2D eigenvalue weighted by molar-refractivity contribution is 5.80. The smallest absolute Gasteiger partial charge is 0.223 e. The van der Waals surface area contributed by atoms with Crippen LogP contribution in [0.2, 0.25) is 0 Å². The molecule has 12 heteroatoms. The zero-order valence-electron chi connectivity index (χ0n) is 47.4. The van der Waals surface area contributed by atoms with Crippen LogP contribution >= 0.6 is 0 Å². The minimum atomic E-state index is -1.01. The molecule has 0 aromatic carbocycles. The van der Waals surface area contributed by atoms with Crippen LogP contribution in [0.5, 0.6) is 0 Å². The van der Waals surface area contributed by atoms with Crippen molar-refractivity contribution >= 4 is 29.5 Å². The summed E-state index contributed by atoms with van der Waals surface area (Å²) in [4.78, 5) is 68.6. The molecule has 0 aromatic rings. The van der Waals surface area contributed by atoms with Crippen molar-refractivity contribution in [2.75, 3.05) is 72.1 Å². The van der Waals surface area contributed by atoms with Crippen molar-refractivity contribution in [1.82, 2.24) is 24.5 Å². The molecule has 0 N–H and O–H groups in total. The number of amides is 5. The van der Waals surface area contributed by atoms with Gasteiger partial charge in [0.25, 0.3) is 0 Å². The maximum atomic E-state index is 13.5. The number of carbonyl (C=O) groups is 5. The van der Waals surface area contributed by atoms with Crippen LogP contribution in [0.1, 0.15) is 207 Å². The van der Waals surface area contributed by atoms with Crippen molar-refractivity contribution in [1.29, 1.82) is 0 Å². The maximum absolute atomic E-state index is 13.5. The fourth-order valence-corrected chi connectivity index (χ4v) is 11.5. The van der Waals surface area contributed by atoms with E-state index < -0.39 is 5.67 Å². The lowest BCUT2D eigenvalue weighted by molar-refractivity contribution is -0.222. The zero-order chi connectivity index (χ0) is 52.4. The van der Waals surface area contributed by atoms with Gasteiger partial charge in [-0.05, 0) is 78.9 Å². The van der Waals surface area contributed by atoms with E-state index >= 15 is 0 Å². The molecule has 0 radical (unpaired) electrons. The third-order valence-corrected chi connectivity index (χ3v) is 16.7. The van der Waals surface area contributed by atoms with Crippen LogP contribution in [0.15, 0.2) is 0 Å². The highest BCUT2D eigenvalue weighted by Gasteiger charge is 2.72. The summed E-state index contributed by atoms with van der Waals surface area (Å²) in [5.74, 6) is 1.52. The Balaban J connectivity index is 0.000000144. The van der Waals surface area contributed by atoms with Crippen molar-refractivity contribution in [2.24, 2.45) is 48.7 Å². The van der Waals surface area contributed by atoms with Gasteiger partial charge in [0.15, 0.2) is 0 Å². The Morgan fingerprint density at radius 3 is 0.800 bits per heavy atom. The topological polar surface area (TPSA) is 111 Å². The summed E-state index contributed by atoms with van der Waals surface area (Å²) in [5, 5.41) is 0. The number of ether oxygens (including phenoxy) is 1. The van der Waals surface area contributed by atoms with E-state index in [0.29, 0.717) is 85.6 Å². The largest absolute Gasteiger partial charge is 0.371 e. The molecule has 1 unspecified atom stereocenters. The standard InChI is InChI=1S/C12H20FNO.2C12H21NO.C11H19NO2.C11H19NO/c1-10(2,3)5-9(15)14-7-12(8-14)6-11(12,4)13;2*1-11(2,3)7-10(14)13-8-12(9-13)5-4-6-12;1-10(2,3)6-9(13)12-7-11(8-12)4-5-14-11;1-10(2,3)6-9(13)12-7-11(8-12)4-5-11/h5-8H2,1-4H3;2*4-9H2,1-3H3;4-8H2,1-3H3;4-8H2,1-3H3. The molecular formula is C58H100FN5O6. The van der Waals surface area contributed by atoms with Gasteiger partial charge in [0.1, 0.15) is 11.3 Å². The SMILES string of the molecule is CC(C)(C)CC(=O)N1CC2(C1)CC2(C)F.CC(C)(C)CC(=O)N1CC2(CC2)C1.CC(C)(C)CC(=O)N1CC2(CCC2)C1.CC(C)(C)CC(=O)N1CC2(CCC2)C1.CC(C)(C)CC(=O)N1CC2(CCO2)C1. The van der Waals surface area contributed by atoms with E-state index in [2.05, 4.69) is 104 Å². The number of alkyl halides is 1. The summed E-state index contributed by atoms with van der Waals surface area (Å²) in [6.07, 6.45) is 15.9. The molecule has 400 valence electrons. The lowest BCUT2D eigenvalue weighted by Crippen LogP contribution is -2.69. The Labute approximate surface area is 424 Å². The van der Waals surface area contributed by atoms with Gasteiger partial charge in [-0.1, -0.05) is 117 Å². The molecule has 10 fully saturated rings. The molecule has 5 spiro atoms. The van der Waals surface area contributed by atoms with Crippen LogP contribution in [-0.4, -0.2) is 137 Å². The number of nitrogens with zero attached hydrogens (tertiary/aromatic N) is 5. The Kier molecular flexibility index (Phi) is 15.7. The first-order valence-electron chi connectivity index (χ1n) is 27.5. The Bertz CT molecular complexity index is 1760. The van der Waals surface area contributed by atoms with Gasteiger partial charge in [0.05, 0.1) is 19.7 Å². The molecule has 70 heavy (non-hydrogen) atoms. The van der Waals surface area contributed by atoms with E-state index in [1.807, 2.05) is 19.6 Å². The van der Waals surface area contributed by atoms with Gasteiger partial charge in [-0.3, -0.25) is 24.0 Å². The first-order chi connectivity index (χ1) is 31.8. The summed E-state index contributed by atoms with van der Waals surface area (Å²) in [6, 6.07) is 0. The number of halogens is 1. The number of hydrogen-bond donors (Lipinski definition) is 0. The quantitative estimate of drug-likeness (QED) is 0.271. The molecule has 0 bridgehead atoms. The Morgan fingerprint density at radius 1 is 0.400 bits per heavy atom. The van der Waals surface area contributed by atoms with Crippen molar-refractivity contribution in [3.63, 3.8) is 0 Å². The van der Waals surface area contributed by atoms with Crippen LogP contribution in [-0.2, 0) is 28.7 Å². The van der Waals surface area contributed by atoms with Crippen LogP contribution in [0.25, 0.3) is 0 Å². The van der Waals surface area contributed by atoms with E-state index in [0.717, 1.165) is 65.4 Å². The minimum absolute atomic E-state index is 0.0302. The Morgan fingerprint density at radius 2 is 0.629 bits per heavy atom. The first kappa shape index (κ1) is 56.5. The average molecular weight is 982 g/mol. The molecular weight excluding hydrogens is 882 g/mol. The predicted octanol–water partition coefficient (Wildman–Crippen LogP) is 10.7. The van der Waals surface area contributed by atoms with Crippen LogP contribution in [0.3, 0.4) is 0 Å². The van der Waals surface area contributed by atoms with E-state index in [1.54, 1.807) is 11.8 Å². The third-order valence-electron chi connectivity index (χ3n) is 16.7. The highest BCUT2D eigenvalue weighted by Crippen LogP contribution is 2.64. The first-order valence-corrected chi connectivity index (χ1v) is 27.5. The van der Waals surface area contributed by atoms with Crippen molar-refractivity contribution in [2.45, 2.75) is 218 Å². The minimum Gasteiger partial charge on any atom is -0.371 e. The molecule has 1 atom stereocenters. The molecule has 10 aliphatic rings. The predicted molar refractivity (Wildman–Crippen MR) is 277 cm³/mol. The number of carbonyl (C=O) groups excluding carboxylic acids is 5. The summed E-state index contributed by atoms with van der Waals surface area (Å²) in [6.45, 7) is 43.3. The van der Waals surface area contributed by atoms with Crippen molar-refractivity contribution in [3.8, 4) is 0 Å². The lowest BCUT2D eigenvalue weighted by Gasteiger charge is -2.56. The molecule has 10 rings (SSSR count). The molecule has 6 heterocycles. The zero-order valence-corrected chi connectivity index (χ0v) is 47.4. The Hall–Kier alpha value is -2.76. The summed E-state index contributed by atoms with van der Waals surface area (Å²) < 4.78 is 19.0. The van der Waals surface area contributed by atoms with Gasteiger partial charge in [-0.25, -0.2) is 4.39 Å². The van der Waals surface area contributed by atoms with Crippen LogP contribution in [0, 0.1) is 48.7 Å². The third kappa shape index (κ3) is 14.9. The lowest BCUT2D eigenvalue weighted by atomic mass is 9.63. The molecule has 0 aromatic heterocycles. The van der Waals surface area contributed by atoms with Gasteiger partial charge in [-0.2, -0.15) is 0 Å². The fourth-order valence-electron chi connectivity index (χ4n) is 11.5. The second kappa shape index (κ2) is 19.5. The number of rotatable bonds is 5. The van der Waals surface area contributed by atoms with Gasteiger partial charge >= 0.3 is 0 Å². The molecule has 5 amide bonds. The average Bonchev–Trinajstić information content (AvgIpc) is 3.90. The summed E-state index contributed by atoms with van der Waals surface area (Å²) >= 11 is 0. The monoisotopic (exact) mass is 982 g/mol. The van der Waals surface area contributed by atoms with Crippen molar-refractivity contribution in [3.05, 3.63) is 0 Å². The van der Waals surface area contributed by atoms with E-state index in [1.165, 1.54) is 51.4 Å². The second-order valence-corrected chi connectivity index (χ2v) is 31.1. The van der Waals surface area contributed by atoms with E-state index in [9.17, 15) is 28.4 Å². The van der Waals surface area contributed by atoms with Crippen molar-refractivity contribution < 1.29 is 33.1 Å². The maximum Gasteiger partial charge on any atom is 0.223 e. The summed E-state index contributed by atoms with van der Waals surface area (Å²) in [5.41, 5.74) is 1.21. The molecule has 4 saturated carbocycles. The molecule has 4 aliphatic carbocycles. The highest BCUT2D eigenvalue weighted by atomic mass is 19.1. The van der Waals surface area contributed by atoms with Crippen LogP contribution in [0.4, 0.5) is 4.39 Å². The fraction of sp³-hybridized carbons (Fsp3) is 0.914. The summed E-state index contributed by atoms with van der Waals surface area (Å²) in [7, 11) is 0. The van der Waals surface area contributed by atoms with Gasteiger partial charge in [0.2, 0.25) is 29.5 Å². The van der Waals surface area contributed by atoms with Gasteiger partial charge in [0, 0.05) is 113 Å². The van der Waals surface area contributed by atoms with Gasteiger partial charge < -0.3 is 29.2 Å². The van der Waals surface area contributed by atoms with Gasteiger partial charge in [-0.15, -0.1) is 0 Å². The molecule has 11 nitrogen and oxygen atoms in total. The molecule has 6 saturated heterocycles. The normalized spacial score (nSPS) is 26.2. The second-order valence-electron chi connectivity index (χ2n) is 31.1. The van der Waals surface area contributed by atoms with E-state index in [-0.39, 0.29) is 49.9 Å². The number of likely N-dealkylation sites (tertiary alicyclic amines) is 5. The molecule has 6 aliphatic heterocycles. The number of hydrogen-bond acceptors (Lipinski definition) is 6. The van der Waals surface area contributed by atoms with E-state index in [4.69, 9.17) is 4.74 Å². The van der Waals surface area contributed by atoms with Crippen LogP contribution < -0.4 is 0 Å².